The van der Waals surface area contributed by atoms with E-state index in [-0.39, 0.29) is 0 Å². The molecule has 0 saturated heterocycles. The molecule has 32 heavy (non-hydrogen) atoms. The highest BCUT2D eigenvalue weighted by molar-refractivity contribution is 8.16. The third kappa shape index (κ3) is 6.41. The molecule has 2 unspecified atom stereocenters. The van der Waals surface area contributed by atoms with Crippen molar-refractivity contribution < 1.29 is 0 Å². The minimum absolute atomic E-state index is 0.346. The number of benzene rings is 4. The Bertz CT molecular complexity index is 1090. The van der Waals surface area contributed by atoms with E-state index in [2.05, 4.69) is 134 Å². The van der Waals surface area contributed by atoms with Crippen LogP contribution in [-0.4, -0.2) is 5.75 Å². The number of hydrogen-bond acceptors (Lipinski definition) is 2. The molecule has 0 fully saturated rings. The van der Waals surface area contributed by atoms with Crippen molar-refractivity contribution in [1.82, 2.24) is 0 Å². The normalized spacial score (nSPS) is 13.2. The Morgan fingerprint density at radius 3 is 1.84 bits per heavy atom. The molecule has 0 heterocycles. The van der Waals surface area contributed by atoms with Gasteiger partial charge in [0, 0.05) is 10.6 Å². The third-order valence-electron chi connectivity index (χ3n) is 5.37. The number of rotatable bonds is 9. The molecule has 0 nitrogen and oxygen atoms in total. The van der Waals surface area contributed by atoms with E-state index >= 15 is 0 Å². The Hall–Kier alpha value is -2.68. The molecule has 0 bridgehead atoms. The topological polar surface area (TPSA) is 0 Å². The van der Waals surface area contributed by atoms with Crippen LogP contribution in [0.1, 0.15) is 28.6 Å². The molecule has 4 aromatic rings. The first-order valence-electron chi connectivity index (χ1n) is 11.0. The second-order valence-corrected chi connectivity index (χ2v) is 10.3. The van der Waals surface area contributed by atoms with Crippen LogP contribution in [0.3, 0.4) is 0 Å². The van der Waals surface area contributed by atoms with Crippen molar-refractivity contribution in [3.05, 3.63) is 139 Å². The lowest BCUT2D eigenvalue weighted by Gasteiger charge is -2.17. The minimum Gasteiger partial charge on any atom is -0.138 e. The van der Waals surface area contributed by atoms with E-state index in [0.717, 1.165) is 5.75 Å². The molecule has 0 radical (unpaired) electrons. The first kappa shape index (κ1) is 22.5. The van der Waals surface area contributed by atoms with Gasteiger partial charge >= 0.3 is 0 Å². The van der Waals surface area contributed by atoms with Crippen molar-refractivity contribution in [3.8, 4) is 11.1 Å². The zero-order valence-electron chi connectivity index (χ0n) is 18.3. The molecule has 2 atom stereocenters. The van der Waals surface area contributed by atoms with Crippen molar-refractivity contribution in [2.75, 3.05) is 5.75 Å². The van der Waals surface area contributed by atoms with Crippen LogP contribution in [0.4, 0.5) is 0 Å². The van der Waals surface area contributed by atoms with Gasteiger partial charge in [-0.25, -0.2) is 0 Å². The SMILES string of the molecule is CC(/C=C/CSC(Sc1ccccc1)c1ccc(-c2ccccc2)cc1)c1ccccc1. The Balaban J connectivity index is 1.46. The fraction of sp³-hybridized carbons (Fsp3) is 0.133. The van der Waals surface area contributed by atoms with E-state index in [9.17, 15) is 0 Å². The van der Waals surface area contributed by atoms with Crippen LogP contribution in [0.5, 0.6) is 0 Å². The number of hydrogen-bond donors (Lipinski definition) is 0. The molecule has 4 rings (SSSR count). The number of allylic oxidation sites excluding steroid dienone is 1. The van der Waals surface area contributed by atoms with Gasteiger partial charge in [0.2, 0.25) is 0 Å². The van der Waals surface area contributed by atoms with Crippen molar-refractivity contribution in [3.63, 3.8) is 0 Å². The highest BCUT2D eigenvalue weighted by Gasteiger charge is 2.14. The summed E-state index contributed by atoms with van der Waals surface area (Å²) in [5.74, 6) is 1.42. The Labute approximate surface area is 200 Å². The predicted molar refractivity (Wildman–Crippen MR) is 143 cm³/mol. The summed E-state index contributed by atoms with van der Waals surface area (Å²) in [6, 6.07) is 41.0. The Morgan fingerprint density at radius 1 is 0.625 bits per heavy atom. The van der Waals surface area contributed by atoms with Crippen LogP contribution >= 0.6 is 23.5 Å². The quantitative estimate of drug-likeness (QED) is 0.141. The van der Waals surface area contributed by atoms with Crippen molar-refractivity contribution in [2.45, 2.75) is 22.3 Å². The van der Waals surface area contributed by atoms with Gasteiger partial charge in [-0.1, -0.05) is 122 Å². The van der Waals surface area contributed by atoms with Crippen molar-refractivity contribution in [2.24, 2.45) is 0 Å². The maximum absolute atomic E-state index is 2.32. The largest absolute Gasteiger partial charge is 0.138 e. The van der Waals surface area contributed by atoms with Crippen LogP contribution in [0, 0.1) is 0 Å². The summed E-state index contributed by atoms with van der Waals surface area (Å²) >= 11 is 3.91. The molecule has 0 aliphatic heterocycles. The van der Waals surface area contributed by atoms with Crippen LogP contribution in [0.15, 0.2) is 132 Å². The van der Waals surface area contributed by atoms with Gasteiger partial charge in [0.15, 0.2) is 0 Å². The van der Waals surface area contributed by atoms with E-state index in [0.29, 0.717) is 10.5 Å². The first-order valence-corrected chi connectivity index (χ1v) is 12.9. The van der Waals surface area contributed by atoms with Gasteiger partial charge in [-0.15, -0.1) is 23.5 Å². The minimum atomic E-state index is 0.346. The summed E-state index contributed by atoms with van der Waals surface area (Å²) < 4.78 is 0.346. The van der Waals surface area contributed by atoms with Crippen LogP contribution in [0.25, 0.3) is 11.1 Å². The molecule has 160 valence electrons. The Kier molecular flexibility index (Phi) is 8.30. The molecular weight excluding hydrogens is 424 g/mol. The highest BCUT2D eigenvalue weighted by atomic mass is 32.2. The molecule has 4 aromatic carbocycles. The van der Waals surface area contributed by atoms with E-state index < -0.39 is 0 Å². The second kappa shape index (κ2) is 11.8. The fourth-order valence-corrected chi connectivity index (χ4v) is 6.00. The average Bonchev–Trinajstić information content (AvgIpc) is 2.87. The summed E-state index contributed by atoms with van der Waals surface area (Å²) in [6.45, 7) is 2.26. The van der Waals surface area contributed by atoms with Gasteiger partial charge in [-0.2, -0.15) is 0 Å². The molecule has 0 amide bonds. The molecule has 2 heteroatoms. The molecule has 0 aliphatic rings. The van der Waals surface area contributed by atoms with Gasteiger partial charge < -0.3 is 0 Å². The molecule has 0 aliphatic carbocycles. The van der Waals surface area contributed by atoms with Crippen LogP contribution in [-0.2, 0) is 0 Å². The fourth-order valence-electron chi connectivity index (χ4n) is 3.55. The monoisotopic (exact) mass is 452 g/mol. The van der Waals surface area contributed by atoms with Crippen molar-refractivity contribution >= 4 is 23.5 Å². The maximum atomic E-state index is 2.32. The smallest absolute Gasteiger partial charge is 0.0801 e. The predicted octanol–water partition coefficient (Wildman–Crippen LogP) is 9.24. The van der Waals surface area contributed by atoms with Gasteiger partial charge in [0.05, 0.1) is 4.58 Å². The first-order chi connectivity index (χ1) is 15.8. The molecule has 0 saturated carbocycles. The van der Waals surface area contributed by atoms with E-state index in [1.165, 1.54) is 27.1 Å². The van der Waals surface area contributed by atoms with Crippen molar-refractivity contribution in [1.29, 1.82) is 0 Å². The van der Waals surface area contributed by atoms with E-state index in [1.807, 2.05) is 23.5 Å². The summed E-state index contributed by atoms with van der Waals surface area (Å²) in [5.41, 5.74) is 5.24. The average molecular weight is 453 g/mol. The lowest BCUT2D eigenvalue weighted by molar-refractivity contribution is 0.965. The Morgan fingerprint density at radius 2 is 1.19 bits per heavy atom. The van der Waals surface area contributed by atoms with Crippen LogP contribution in [0.2, 0.25) is 0 Å². The molecular formula is C30H28S2. The lowest BCUT2D eigenvalue weighted by atomic mass is 10.0. The summed E-state index contributed by atoms with van der Waals surface area (Å²) in [4.78, 5) is 1.30. The van der Waals surface area contributed by atoms with Gasteiger partial charge in [-0.3, -0.25) is 0 Å². The van der Waals surface area contributed by atoms with E-state index in [1.54, 1.807) is 0 Å². The third-order valence-corrected chi connectivity index (χ3v) is 8.06. The molecule has 0 N–H and O–H groups in total. The number of thioether (sulfide) groups is 2. The zero-order chi connectivity index (χ0) is 22.0. The standard InChI is InChI=1S/C30H28S2/c1-24(25-13-5-2-6-14-25)12-11-23-31-30(32-29-17-9-4-10-18-29)28-21-19-27(20-22-28)26-15-7-3-8-16-26/h2-22,24,30H,23H2,1H3/b12-11+. The van der Waals surface area contributed by atoms with Gasteiger partial charge in [0.25, 0.3) is 0 Å². The summed E-state index contributed by atoms with van der Waals surface area (Å²) in [5, 5.41) is 0. The van der Waals surface area contributed by atoms with Crippen LogP contribution < -0.4 is 0 Å². The lowest BCUT2D eigenvalue weighted by Crippen LogP contribution is -1.92. The molecule has 0 spiro atoms. The van der Waals surface area contributed by atoms with Gasteiger partial charge in [-0.05, 0) is 40.3 Å². The summed E-state index contributed by atoms with van der Waals surface area (Å²) in [6.07, 6.45) is 4.64. The summed E-state index contributed by atoms with van der Waals surface area (Å²) in [7, 11) is 0. The zero-order valence-corrected chi connectivity index (χ0v) is 19.9. The van der Waals surface area contributed by atoms with E-state index in [4.69, 9.17) is 0 Å². The maximum Gasteiger partial charge on any atom is 0.0801 e. The highest BCUT2D eigenvalue weighted by Crippen LogP contribution is 2.44. The molecule has 0 aromatic heterocycles. The second-order valence-electron chi connectivity index (χ2n) is 7.71. The van der Waals surface area contributed by atoms with Gasteiger partial charge in [0.1, 0.15) is 0 Å².